The zero-order valence-electron chi connectivity index (χ0n) is 11.2. The lowest BCUT2D eigenvalue weighted by molar-refractivity contribution is 0.278. The summed E-state index contributed by atoms with van der Waals surface area (Å²) in [4.78, 5) is 17.1. The molecule has 0 aliphatic heterocycles. The van der Waals surface area contributed by atoms with E-state index < -0.39 is 0 Å². The summed E-state index contributed by atoms with van der Waals surface area (Å²) in [6, 6.07) is 7.78. The second-order valence-electron chi connectivity index (χ2n) is 4.63. The highest BCUT2D eigenvalue weighted by molar-refractivity contribution is 6.18. The summed E-state index contributed by atoms with van der Waals surface area (Å²) in [6.45, 7) is 5.58. The zero-order chi connectivity index (χ0) is 13.7. The van der Waals surface area contributed by atoms with Crippen LogP contribution in [0.4, 0.5) is 0 Å². The molecule has 2 aromatic rings. The van der Waals surface area contributed by atoms with E-state index in [0.29, 0.717) is 12.4 Å². The highest BCUT2D eigenvalue weighted by atomic mass is 35.5. The Kier molecular flexibility index (Phi) is 5.05. The number of aromatic amines is 1. The van der Waals surface area contributed by atoms with Crippen LogP contribution in [-0.4, -0.2) is 40.0 Å². The van der Waals surface area contributed by atoms with Crippen LogP contribution >= 0.6 is 11.6 Å². The lowest BCUT2D eigenvalue weighted by Gasteiger charge is -2.20. The van der Waals surface area contributed by atoms with Crippen LogP contribution in [0.25, 0.3) is 11.0 Å². The average Bonchev–Trinajstić information content (AvgIpc) is 2.72. The number of imidazole rings is 1. The van der Waals surface area contributed by atoms with Gasteiger partial charge in [0.25, 0.3) is 0 Å². The maximum atomic E-state index is 11.9. The van der Waals surface area contributed by atoms with Crippen LogP contribution in [0.3, 0.4) is 0 Å². The Bertz CT molecular complexity index is 569. The van der Waals surface area contributed by atoms with Gasteiger partial charge >= 0.3 is 5.69 Å². The predicted octanol–water partition coefficient (Wildman–Crippen LogP) is 2.28. The Morgan fingerprint density at radius 2 is 2.05 bits per heavy atom. The molecular weight excluding hydrogens is 262 g/mol. The highest BCUT2D eigenvalue weighted by Gasteiger charge is 2.08. The second-order valence-corrected chi connectivity index (χ2v) is 5.01. The Morgan fingerprint density at radius 3 is 2.79 bits per heavy atom. The van der Waals surface area contributed by atoms with Gasteiger partial charge in [0.05, 0.1) is 11.0 Å². The number of nitrogens with zero attached hydrogens (tertiary/aromatic N) is 2. The number of fused-ring (bicyclic) bond motifs is 1. The van der Waals surface area contributed by atoms with E-state index in [1.807, 2.05) is 24.3 Å². The molecule has 0 aliphatic rings. The minimum absolute atomic E-state index is 0.0384. The van der Waals surface area contributed by atoms with Gasteiger partial charge in [0, 0.05) is 25.5 Å². The minimum atomic E-state index is -0.0384. The van der Waals surface area contributed by atoms with E-state index in [9.17, 15) is 4.79 Å². The number of hydrogen-bond donors (Lipinski definition) is 1. The fourth-order valence-corrected chi connectivity index (χ4v) is 2.58. The Labute approximate surface area is 118 Å². The van der Waals surface area contributed by atoms with Gasteiger partial charge in [0.1, 0.15) is 0 Å². The number of aromatic nitrogens is 2. The van der Waals surface area contributed by atoms with Gasteiger partial charge in [-0.3, -0.25) is 4.57 Å². The lowest BCUT2D eigenvalue weighted by Crippen LogP contribution is -2.32. The number of nitrogens with one attached hydrogen (secondary N) is 1. The van der Waals surface area contributed by atoms with Gasteiger partial charge in [0.15, 0.2) is 0 Å². The normalized spacial score (nSPS) is 11.5. The first-order valence-electron chi connectivity index (χ1n) is 6.72. The molecule has 0 saturated carbocycles. The summed E-state index contributed by atoms with van der Waals surface area (Å²) in [5, 5.41) is 0. The molecule has 0 saturated heterocycles. The zero-order valence-corrected chi connectivity index (χ0v) is 12.0. The summed E-state index contributed by atoms with van der Waals surface area (Å²) in [6.07, 6.45) is 1.10. The third-order valence-electron chi connectivity index (χ3n) is 3.26. The van der Waals surface area contributed by atoms with Gasteiger partial charge in [-0.1, -0.05) is 19.1 Å². The molecule has 1 N–H and O–H groups in total. The van der Waals surface area contributed by atoms with Crippen LogP contribution in [0, 0.1) is 0 Å². The number of benzene rings is 1. The first-order chi connectivity index (χ1) is 9.26. The number of para-hydroxylation sites is 2. The van der Waals surface area contributed by atoms with Crippen molar-refractivity contribution in [2.75, 3.05) is 25.5 Å². The third-order valence-corrected chi connectivity index (χ3v) is 3.43. The summed E-state index contributed by atoms with van der Waals surface area (Å²) in [7, 11) is 0. The molecule has 4 nitrogen and oxygen atoms in total. The molecule has 0 unspecified atom stereocenters. The predicted molar refractivity (Wildman–Crippen MR) is 80.0 cm³/mol. The molecule has 0 aliphatic carbocycles. The molecule has 1 aromatic heterocycles. The molecule has 0 spiro atoms. The molecule has 5 heteroatoms. The number of H-pyrrole nitrogens is 1. The molecule has 19 heavy (non-hydrogen) atoms. The third kappa shape index (κ3) is 3.39. The van der Waals surface area contributed by atoms with Crippen molar-refractivity contribution in [2.45, 2.75) is 19.9 Å². The molecule has 104 valence electrons. The quantitative estimate of drug-likeness (QED) is 0.791. The largest absolute Gasteiger partial charge is 0.326 e. The molecule has 0 atom stereocenters. The van der Waals surface area contributed by atoms with Crippen LogP contribution in [0.1, 0.15) is 13.3 Å². The minimum Gasteiger partial charge on any atom is -0.306 e. The molecule has 0 radical (unpaired) electrons. The first-order valence-corrected chi connectivity index (χ1v) is 7.25. The van der Waals surface area contributed by atoms with Crippen molar-refractivity contribution in [3.05, 3.63) is 34.7 Å². The molecule has 0 amide bonds. The first kappa shape index (κ1) is 14.2. The van der Waals surface area contributed by atoms with E-state index in [1.165, 1.54) is 0 Å². The van der Waals surface area contributed by atoms with Crippen LogP contribution in [0.15, 0.2) is 29.1 Å². The van der Waals surface area contributed by atoms with Crippen LogP contribution in [-0.2, 0) is 6.54 Å². The molecule has 0 bridgehead atoms. The van der Waals surface area contributed by atoms with Gasteiger partial charge in [-0.15, -0.1) is 11.6 Å². The van der Waals surface area contributed by atoms with E-state index in [2.05, 4.69) is 16.8 Å². The van der Waals surface area contributed by atoms with E-state index in [4.69, 9.17) is 11.6 Å². The van der Waals surface area contributed by atoms with Gasteiger partial charge < -0.3 is 9.88 Å². The van der Waals surface area contributed by atoms with Crippen LogP contribution < -0.4 is 5.69 Å². The van der Waals surface area contributed by atoms with E-state index in [-0.39, 0.29) is 5.69 Å². The summed E-state index contributed by atoms with van der Waals surface area (Å²) >= 11 is 5.80. The fraction of sp³-hybridized carbons (Fsp3) is 0.500. The molecular formula is C14H20ClN3O. The Hall–Kier alpha value is -1.26. The summed E-state index contributed by atoms with van der Waals surface area (Å²) in [5.41, 5.74) is 1.82. The van der Waals surface area contributed by atoms with Gasteiger partial charge in [-0.25, -0.2) is 4.79 Å². The van der Waals surface area contributed by atoms with Crippen molar-refractivity contribution in [1.29, 1.82) is 0 Å². The fourth-order valence-electron chi connectivity index (χ4n) is 2.34. The van der Waals surface area contributed by atoms with Crippen molar-refractivity contribution in [3.63, 3.8) is 0 Å². The molecule has 2 rings (SSSR count). The Morgan fingerprint density at radius 1 is 1.26 bits per heavy atom. The number of alkyl halides is 1. The van der Waals surface area contributed by atoms with Crippen molar-refractivity contribution in [1.82, 2.24) is 14.5 Å². The van der Waals surface area contributed by atoms with E-state index >= 15 is 0 Å². The van der Waals surface area contributed by atoms with Crippen molar-refractivity contribution < 1.29 is 0 Å². The SMILES string of the molecule is CCCN(CCCl)CCn1c(=O)[nH]c2ccccc21. The smallest absolute Gasteiger partial charge is 0.306 e. The number of rotatable bonds is 7. The van der Waals surface area contributed by atoms with Gasteiger partial charge in [-0.05, 0) is 25.1 Å². The van der Waals surface area contributed by atoms with E-state index in [0.717, 1.165) is 37.1 Å². The average molecular weight is 282 g/mol. The summed E-state index contributed by atoms with van der Waals surface area (Å²) < 4.78 is 1.80. The maximum Gasteiger partial charge on any atom is 0.326 e. The van der Waals surface area contributed by atoms with Crippen molar-refractivity contribution >= 4 is 22.6 Å². The lowest BCUT2D eigenvalue weighted by atomic mass is 10.3. The van der Waals surface area contributed by atoms with Crippen molar-refractivity contribution in [3.8, 4) is 0 Å². The Balaban J connectivity index is 2.12. The van der Waals surface area contributed by atoms with E-state index in [1.54, 1.807) is 4.57 Å². The van der Waals surface area contributed by atoms with Gasteiger partial charge in [0.2, 0.25) is 0 Å². The topological polar surface area (TPSA) is 41.0 Å². The highest BCUT2D eigenvalue weighted by Crippen LogP contribution is 2.08. The monoisotopic (exact) mass is 281 g/mol. The summed E-state index contributed by atoms with van der Waals surface area (Å²) in [5.74, 6) is 0.628. The molecule has 1 aromatic carbocycles. The second kappa shape index (κ2) is 6.78. The maximum absolute atomic E-state index is 11.9. The number of halogens is 1. The van der Waals surface area contributed by atoms with Gasteiger partial charge in [-0.2, -0.15) is 0 Å². The molecule has 0 fully saturated rings. The van der Waals surface area contributed by atoms with Crippen LogP contribution in [0.5, 0.6) is 0 Å². The standard InChI is InChI=1S/C14H20ClN3O/c1-2-8-17(9-7-15)10-11-18-13-6-4-3-5-12(13)16-14(18)19/h3-6H,2,7-11H2,1H3,(H,16,19). The van der Waals surface area contributed by atoms with Crippen molar-refractivity contribution in [2.24, 2.45) is 0 Å². The van der Waals surface area contributed by atoms with Crippen LogP contribution in [0.2, 0.25) is 0 Å². The number of hydrogen-bond acceptors (Lipinski definition) is 2. The molecule has 1 heterocycles.